The summed E-state index contributed by atoms with van der Waals surface area (Å²) in [6, 6.07) is 17.6. The van der Waals surface area contributed by atoms with E-state index in [9.17, 15) is 9.59 Å². The Balaban J connectivity index is 1.35. The molecular formula is C24H28N2O4. The van der Waals surface area contributed by atoms with Crippen LogP contribution in [0.25, 0.3) is 0 Å². The topological polar surface area (TPSA) is 59.1 Å². The maximum atomic E-state index is 13.1. The maximum Gasteiger partial charge on any atom is 0.320 e. The van der Waals surface area contributed by atoms with Crippen LogP contribution in [0.2, 0.25) is 0 Å². The average molecular weight is 408 g/mol. The molecule has 1 amide bonds. The van der Waals surface area contributed by atoms with Gasteiger partial charge in [0.25, 0.3) is 0 Å². The molecule has 0 radical (unpaired) electrons. The van der Waals surface area contributed by atoms with Gasteiger partial charge < -0.3 is 14.4 Å². The Hall–Kier alpha value is -2.86. The quantitative estimate of drug-likeness (QED) is 0.521. The maximum absolute atomic E-state index is 13.1. The first-order valence-corrected chi connectivity index (χ1v) is 10.4. The number of β-lactam (4-membered cyclic amide) rings is 1. The number of likely N-dealkylation sites (tertiary alicyclic amines) is 2. The van der Waals surface area contributed by atoms with Crippen LogP contribution in [0.5, 0.6) is 5.75 Å². The highest BCUT2D eigenvalue weighted by molar-refractivity contribution is 5.93. The Morgan fingerprint density at radius 2 is 1.83 bits per heavy atom. The van der Waals surface area contributed by atoms with Gasteiger partial charge in [0.2, 0.25) is 5.91 Å². The minimum atomic E-state index is -0.558. The van der Waals surface area contributed by atoms with Crippen molar-refractivity contribution in [2.45, 2.75) is 44.5 Å². The molecular weight excluding hydrogens is 380 g/mol. The van der Waals surface area contributed by atoms with E-state index in [1.54, 1.807) is 7.11 Å². The number of ether oxygens (including phenoxy) is 2. The molecule has 6 nitrogen and oxygen atoms in total. The molecule has 2 aromatic carbocycles. The van der Waals surface area contributed by atoms with Crippen molar-refractivity contribution < 1.29 is 19.1 Å². The Kier molecular flexibility index (Phi) is 5.77. The number of amides is 1. The van der Waals surface area contributed by atoms with Gasteiger partial charge in [0, 0.05) is 19.1 Å². The van der Waals surface area contributed by atoms with Crippen LogP contribution < -0.4 is 4.74 Å². The van der Waals surface area contributed by atoms with Gasteiger partial charge in [0.05, 0.1) is 13.7 Å². The van der Waals surface area contributed by atoms with Gasteiger partial charge in [0.15, 0.2) is 0 Å². The molecule has 1 spiro atoms. The number of carbonyl (C=O) groups excluding carboxylic acids is 2. The van der Waals surface area contributed by atoms with E-state index < -0.39 is 5.54 Å². The number of hydrogen-bond donors (Lipinski definition) is 0. The molecule has 0 N–H and O–H groups in total. The Bertz CT molecular complexity index is 899. The van der Waals surface area contributed by atoms with Crippen molar-refractivity contribution in [3.05, 3.63) is 65.7 Å². The van der Waals surface area contributed by atoms with Gasteiger partial charge in [-0.15, -0.1) is 0 Å². The highest BCUT2D eigenvalue weighted by atomic mass is 16.5. The van der Waals surface area contributed by atoms with Crippen LogP contribution in [0.1, 0.15) is 30.9 Å². The van der Waals surface area contributed by atoms with E-state index in [1.165, 1.54) is 0 Å². The molecule has 4 rings (SSSR count). The van der Waals surface area contributed by atoms with Crippen molar-refractivity contribution in [3.63, 3.8) is 0 Å². The summed E-state index contributed by atoms with van der Waals surface area (Å²) in [5.41, 5.74) is 1.47. The van der Waals surface area contributed by atoms with Crippen LogP contribution in [0, 0.1) is 0 Å². The lowest BCUT2D eigenvalue weighted by atomic mass is 9.85. The Morgan fingerprint density at radius 3 is 2.50 bits per heavy atom. The summed E-state index contributed by atoms with van der Waals surface area (Å²) in [7, 11) is 1.64. The van der Waals surface area contributed by atoms with Gasteiger partial charge in [-0.1, -0.05) is 42.5 Å². The van der Waals surface area contributed by atoms with E-state index in [4.69, 9.17) is 9.47 Å². The fraction of sp³-hybridized carbons (Fsp3) is 0.417. The first-order chi connectivity index (χ1) is 14.5. The predicted octanol–water partition coefficient (Wildman–Crippen LogP) is 3.00. The lowest BCUT2D eigenvalue weighted by molar-refractivity contribution is -0.167. The average Bonchev–Trinajstić information content (AvgIpc) is 3.10. The summed E-state index contributed by atoms with van der Waals surface area (Å²) in [5, 5.41) is 0. The van der Waals surface area contributed by atoms with Crippen LogP contribution in [0.3, 0.4) is 0 Å². The van der Waals surface area contributed by atoms with E-state index in [0.29, 0.717) is 13.1 Å². The second kappa shape index (κ2) is 8.48. The fourth-order valence-electron chi connectivity index (χ4n) is 4.54. The van der Waals surface area contributed by atoms with E-state index >= 15 is 0 Å². The van der Waals surface area contributed by atoms with E-state index in [0.717, 1.165) is 29.7 Å². The van der Waals surface area contributed by atoms with Crippen molar-refractivity contribution in [2.24, 2.45) is 0 Å². The monoisotopic (exact) mass is 408 g/mol. The van der Waals surface area contributed by atoms with Gasteiger partial charge >= 0.3 is 5.97 Å². The van der Waals surface area contributed by atoms with E-state index in [-0.39, 0.29) is 31.1 Å². The molecule has 2 saturated heterocycles. The molecule has 0 aromatic heterocycles. The van der Waals surface area contributed by atoms with Crippen LogP contribution >= 0.6 is 0 Å². The third-order valence-corrected chi connectivity index (χ3v) is 6.27. The van der Waals surface area contributed by atoms with Crippen LogP contribution in [-0.2, 0) is 27.5 Å². The van der Waals surface area contributed by atoms with Crippen LogP contribution in [0.4, 0.5) is 0 Å². The summed E-state index contributed by atoms with van der Waals surface area (Å²) in [5.74, 6) is 0.627. The van der Waals surface area contributed by atoms with Crippen LogP contribution in [0.15, 0.2) is 54.6 Å². The standard InChI is InChI=1S/C24H28N2O4/c1-18-12-13-24(26(18)15-22(27)30-16-20-6-4-3-5-7-20)17-25(23(24)28)14-19-8-10-21(29-2)11-9-19/h3-11,18H,12-17H2,1-2H3. The lowest BCUT2D eigenvalue weighted by Gasteiger charge is -2.52. The second-order valence-corrected chi connectivity index (χ2v) is 8.20. The van der Waals surface area contributed by atoms with Gasteiger partial charge in [-0.3, -0.25) is 14.5 Å². The number of carbonyl (C=O) groups is 2. The summed E-state index contributed by atoms with van der Waals surface area (Å²) >= 11 is 0. The summed E-state index contributed by atoms with van der Waals surface area (Å²) in [4.78, 5) is 29.5. The number of nitrogens with zero attached hydrogens (tertiary/aromatic N) is 2. The molecule has 2 heterocycles. The van der Waals surface area contributed by atoms with E-state index in [2.05, 4.69) is 6.92 Å². The molecule has 2 unspecified atom stereocenters. The highest BCUT2D eigenvalue weighted by Gasteiger charge is 2.60. The van der Waals surface area contributed by atoms with Gasteiger partial charge in [-0.2, -0.15) is 0 Å². The van der Waals surface area contributed by atoms with Crippen molar-refractivity contribution in [1.29, 1.82) is 0 Å². The molecule has 2 atom stereocenters. The molecule has 2 aliphatic rings. The van der Waals surface area contributed by atoms with Gasteiger partial charge in [-0.05, 0) is 43.0 Å². The molecule has 0 aliphatic carbocycles. The largest absolute Gasteiger partial charge is 0.497 e. The molecule has 2 fully saturated rings. The number of esters is 1. The minimum Gasteiger partial charge on any atom is -0.497 e. The van der Waals surface area contributed by atoms with Gasteiger partial charge in [-0.25, -0.2) is 0 Å². The van der Waals surface area contributed by atoms with E-state index in [1.807, 2.05) is 64.4 Å². The number of rotatable bonds is 7. The summed E-state index contributed by atoms with van der Waals surface area (Å²) in [6.45, 7) is 3.71. The summed E-state index contributed by atoms with van der Waals surface area (Å²) in [6.07, 6.45) is 1.70. The number of benzene rings is 2. The van der Waals surface area contributed by atoms with Crippen molar-refractivity contribution in [3.8, 4) is 5.75 Å². The Labute approximate surface area is 177 Å². The zero-order valence-electron chi connectivity index (χ0n) is 17.5. The molecule has 0 bridgehead atoms. The van der Waals surface area contributed by atoms with Crippen molar-refractivity contribution in [2.75, 3.05) is 20.2 Å². The molecule has 30 heavy (non-hydrogen) atoms. The minimum absolute atomic E-state index is 0.110. The molecule has 2 aliphatic heterocycles. The second-order valence-electron chi connectivity index (χ2n) is 8.20. The molecule has 2 aromatic rings. The normalized spacial score (nSPS) is 23.5. The first-order valence-electron chi connectivity index (χ1n) is 10.4. The molecule has 6 heteroatoms. The summed E-state index contributed by atoms with van der Waals surface area (Å²) < 4.78 is 10.7. The predicted molar refractivity (Wildman–Crippen MR) is 113 cm³/mol. The highest BCUT2D eigenvalue weighted by Crippen LogP contribution is 2.42. The zero-order valence-corrected chi connectivity index (χ0v) is 17.5. The molecule has 0 saturated carbocycles. The third kappa shape index (κ3) is 3.92. The number of methoxy groups -OCH3 is 1. The van der Waals surface area contributed by atoms with Crippen molar-refractivity contribution in [1.82, 2.24) is 9.80 Å². The smallest absolute Gasteiger partial charge is 0.320 e. The third-order valence-electron chi connectivity index (χ3n) is 6.27. The fourth-order valence-corrected chi connectivity index (χ4v) is 4.54. The number of hydrogen-bond acceptors (Lipinski definition) is 5. The van der Waals surface area contributed by atoms with Crippen molar-refractivity contribution >= 4 is 11.9 Å². The zero-order chi connectivity index (χ0) is 21.1. The first kappa shape index (κ1) is 20.4. The molecule has 158 valence electrons. The van der Waals surface area contributed by atoms with Gasteiger partial charge in [0.1, 0.15) is 17.9 Å². The Morgan fingerprint density at radius 1 is 1.10 bits per heavy atom. The SMILES string of the molecule is COc1ccc(CN2CC3(CCC(C)N3CC(=O)OCc3ccccc3)C2=O)cc1. The van der Waals surface area contributed by atoms with Crippen LogP contribution in [-0.4, -0.2) is 53.5 Å². The lowest BCUT2D eigenvalue weighted by Crippen LogP contribution is -2.72.